The molecule has 3 heterocycles. The predicted octanol–water partition coefficient (Wildman–Crippen LogP) is 5.50. The molecule has 39 heavy (non-hydrogen) atoms. The minimum atomic E-state index is -2.16. The van der Waals surface area contributed by atoms with E-state index in [-0.39, 0.29) is 21.1 Å². The second kappa shape index (κ2) is 9.78. The van der Waals surface area contributed by atoms with Gasteiger partial charge in [-0.15, -0.1) is 23.8 Å². The van der Waals surface area contributed by atoms with Crippen molar-refractivity contribution in [1.29, 1.82) is 0 Å². The van der Waals surface area contributed by atoms with Crippen LogP contribution in [0.1, 0.15) is 0 Å². The second-order valence-electron chi connectivity index (χ2n) is 10.1. The van der Waals surface area contributed by atoms with Crippen LogP contribution in [0.15, 0.2) is 91.3 Å². The number of hydrogen-bond donors (Lipinski definition) is 0. The van der Waals surface area contributed by atoms with Gasteiger partial charge in [0.25, 0.3) is 0 Å². The first-order valence-corrected chi connectivity index (χ1v) is 15.7. The minimum absolute atomic E-state index is 0. The van der Waals surface area contributed by atoms with Crippen molar-refractivity contribution in [2.45, 2.75) is 13.1 Å². The Bertz CT molecular complexity index is 1810. The molecule has 192 valence electrons. The number of anilines is 3. The first-order chi connectivity index (χ1) is 18.5. The number of benzene rings is 4. The molecule has 6 aromatic rings. The fourth-order valence-corrected chi connectivity index (χ4v) is 7.51. The molecule has 0 atom stereocenters. The molecule has 0 spiro atoms. The van der Waals surface area contributed by atoms with E-state index in [1.807, 2.05) is 30.7 Å². The molecular formula is C32H25N5PtSi. The van der Waals surface area contributed by atoms with Gasteiger partial charge >= 0.3 is 21.1 Å². The van der Waals surface area contributed by atoms with E-state index in [1.54, 1.807) is 12.4 Å². The molecule has 0 aliphatic carbocycles. The monoisotopic (exact) mass is 702 g/mol. The van der Waals surface area contributed by atoms with Gasteiger partial charge in [-0.2, -0.15) is 77.1 Å². The summed E-state index contributed by atoms with van der Waals surface area (Å²) >= 11 is 0. The second-order valence-corrected chi connectivity index (χ2v) is 14.4. The van der Waals surface area contributed by atoms with E-state index >= 15 is 0 Å². The maximum Gasteiger partial charge on any atom is 4.00 e. The molecular weight excluding hydrogens is 678 g/mol. The van der Waals surface area contributed by atoms with Crippen molar-refractivity contribution in [1.82, 2.24) is 14.5 Å². The molecule has 0 N–H and O–H groups in total. The maximum absolute atomic E-state index is 4.58. The fraction of sp³-hybridized carbons (Fsp3) is 0.0938. The van der Waals surface area contributed by atoms with E-state index < -0.39 is 8.07 Å². The van der Waals surface area contributed by atoms with E-state index in [0.29, 0.717) is 0 Å². The van der Waals surface area contributed by atoms with Crippen LogP contribution in [0.25, 0.3) is 27.5 Å². The van der Waals surface area contributed by atoms with Crippen molar-refractivity contribution in [3.63, 3.8) is 0 Å². The Hall–Kier alpha value is -3.73. The topological polar surface area (TPSA) is 37.2 Å². The summed E-state index contributed by atoms with van der Waals surface area (Å²) in [6.45, 7) is 6.76. The van der Waals surface area contributed by atoms with E-state index in [4.69, 9.17) is 0 Å². The average Bonchev–Trinajstić information content (AvgIpc) is 3.48. The number of fused-ring (bicyclic) bond motifs is 4. The summed E-state index contributed by atoms with van der Waals surface area (Å²) in [7, 11) is -0.172. The van der Waals surface area contributed by atoms with Gasteiger partial charge in [0, 0.05) is 17.9 Å². The Kier molecular flexibility index (Phi) is 6.40. The van der Waals surface area contributed by atoms with Gasteiger partial charge in [0.2, 0.25) is 0 Å². The van der Waals surface area contributed by atoms with Crippen LogP contribution in [-0.2, 0) is 21.1 Å². The molecule has 1 aliphatic rings. The zero-order valence-electron chi connectivity index (χ0n) is 21.8. The normalized spacial score (nSPS) is 13.1. The van der Waals surface area contributed by atoms with E-state index in [0.717, 1.165) is 28.5 Å². The minimum Gasteiger partial charge on any atom is -0.487 e. The van der Waals surface area contributed by atoms with Gasteiger partial charge in [0.15, 0.2) is 0 Å². The SMILES string of the molecule is CN1[CH-]N(c2[c-]c([Si](C)(C)c3[c-]c4c(cc3)c3ccccc3n4-c3[c-]cccc3)ccc2)c2nccnc21.[Pt+4]. The third kappa shape index (κ3) is 4.10. The molecule has 1 aliphatic heterocycles. The van der Waals surface area contributed by atoms with Gasteiger partial charge in [0.05, 0.1) is 8.07 Å². The number of rotatable bonds is 4. The van der Waals surface area contributed by atoms with Crippen LogP contribution in [0, 0.1) is 24.9 Å². The summed E-state index contributed by atoms with van der Waals surface area (Å²) in [5, 5.41) is 4.88. The van der Waals surface area contributed by atoms with Crippen molar-refractivity contribution < 1.29 is 21.1 Å². The van der Waals surface area contributed by atoms with Crippen LogP contribution in [0.2, 0.25) is 13.1 Å². The molecule has 2 aromatic heterocycles. The number of nitrogens with zero attached hydrogens (tertiary/aromatic N) is 5. The molecule has 0 bridgehead atoms. The Morgan fingerprint density at radius 3 is 2.31 bits per heavy atom. The summed E-state index contributed by atoms with van der Waals surface area (Å²) in [4.78, 5) is 13.1. The largest absolute Gasteiger partial charge is 4.00 e. The molecule has 7 heteroatoms. The summed E-state index contributed by atoms with van der Waals surface area (Å²) in [6, 6.07) is 38.6. The van der Waals surface area contributed by atoms with E-state index in [2.05, 4.69) is 117 Å². The van der Waals surface area contributed by atoms with E-state index in [1.165, 1.54) is 26.7 Å². The molecule has 7 rings (SSSR count). The summed E-state index contributed by atoms with van der Waals surface area (Å²) in [6.07, 6.45) is 3.45. The van der Waals surface area contributed by atoms with Gasteiger partial charge < -0.3 is 14.4 Å². The zero-order valence-corrected chi connectivity index (χ0v) is 25.1. The Morgan fingerprint density at radius 2 is 1.49 bits per heavy atom. The molecule has 4 aromatic carbocycles. The molecule has 0 fully saturated rings. The van der Waals surface area contributed by atoms with Gasteiger partial charge in [-0.05, 0) is 18.5 Å². The first-order valence-electron chi connectivity index (χ1n) is 12.7. The van der Waals surface area contributed by atoms with Crippen LogP contribution >= 0.6 is 0 Å². The summed E-state index contributed by atoms with van der Waals surface area (Å²) < 4.78 is 2.28. The van der Waals surface area contributed by atoms with Gasteiger partial charge in [-0.3, -0.25) is 0 Å². The number of hydrogen-bond acceptors (Lipinski definition) is 4. The molecule has 0 saturated heterocycles. The van der Waals surface area contributed by atoms with Crippen LogP contribution in [0.4, 0.5) is 17.3 Å². The zero-order chi connectivity index (χ0) is 25.9. The van der Waals surface area contributed by atoms with Gasteiger partial charge in [-0.1, -0.05) is 42.5 Å². The molecule has 0 unspecified atom stereocenters. The van der Waals surface area contributed by atoms with Crippen LogP contribution in [-0.4, -0.2) is 29.7 Å². The maximum atomic E-state index is 4.58. The summed E-state index contributed by atoms with van der Waals surface area (Å²) in [5.74, 6) is 1.66. The predicted molar refractivity (Wildman–Crippen MR) is 157 cm³/mol. The Morgan fingerprint density at radius 1 is 0.744 bits per heavy atom. The number of aromatic nitrogens is 3. The van der Waals surface area contributed by atoms with Crippen molar-refractivity contribution in [2.24, 2.45) is 0 Å². The van der Waals surface area contributed by atoms with Crippen molar-refractivity contribution in [3.8, 4) is 5.69 Å². The molecule has 5 nitrogen and oxygen atoms in total. The van der Waals surface area contributed by atoms with Crippen LogP contribution < -0.4 is 20.2 Å². The standard InChI is InChI=1S/C32H25N5Si.Pt/c1-35-22-36(32-31(35)33-18-19-34-32)24-12-9-13-25(20-24)38(2,3)26-16-17-28-27-14-7-8-15-29(27)37(30(28)21-26)23-10-5-4-6-11-23;/h4-10,12-19,22H,1-3H3;/q-4;+4. The van der Waals surface area contributed by atoms with Gasteiger partial charge in [0.1, 0.15) is 11.6 Å². The Balaban J connectivity index is 0.00000277. The van der Waals surface area contributed by atoms with Crippen molar-refractivity contribution >= 4 is 57.6 Å². The van der Waals surface area contributed by atoms with Crippen molar-refractivity contribution in [3.05, 3.63) is 116 Å². The quantitative estimate of drug-likeness (QED) is 0.180. The fourth-order valence-electron chi connectivity index (χ4n) is 5.34. The number of para-hydroxylation sites is 2. The first kappa shape index (κ1) is 25.5. The van der Waals surface area contributed by atoms with Crippen LogP contribution in [0.3, 0.4) is 0 Å². The third-order valence-corrected chi connectivity index (χ3v) is 10.7. The molecule has 0 saturated carbocycles. The molecule has 0 radical (unpaired) electrons. The molecule has 0 amide bonds. The summed E-state index contributed by atoms with van der Waals surface area (Å²) in [5.41, 5.74) is 4.23. The smallest absolute Gasteiger partial charge is 0.487 e. The van der Waals surface area contributed by atoms with Crippen molar-refractivity contribution in [2.75, 3.05) is 16.8 Å². The third-order valence-electron chi connectivity index (χ3n) is 7.41. The van der Waals surface area contributed by atoms with Gasteiger partial charge in [-0.25, -0.2) is 9.97 Å². The Labute approximate surface area is 244 Å². The van der Waals surface area contributed by atoms with E-state index in [9.17, 15) is 0 Å². The average molecular weight is 703 g/mol. The van der Waals surface area contributed by atoms with Crippen LogP contribution in [0.5, 0.6) is 0 Å².